The van der Waals surface area contributed by atoms with Crippen LogP contribution in [0.1, 0.15) is 33.6 Å². The summed E-state index contributed by atoms with van der Waals surface area (Å²) in [5.74, 6) is 0.555. The zero-order valence-electron chi connectivity index (χ0n) is 11.7. The molecule has 1 saturated heterocycles. The van der Waals surface area contributed by atoms with Crippen molar-refractivity contribution in [2.75, 3.05) is 20.1 Å². The summed E-state index contributed by atoms with van der Waals surface area (Å²) in [6, 6.07) is -0.0808. The number of hydrogen-bond acceptors (Lipinski definition) is 3. The summed E-state index contributed by atoms with van der Waals surface area (Å²) in [5.41, 5.74) is 5.70. The Hall–Kier alpha value is 0.120. The van der Waals surface area contributed by atoms with E-state index < -0.39 is 10.2 Å². The number of piperidine rings is 1. The van der Waals surface area contributed by atoms with E-state index in [0.29, 0.717) is 19.0 Å². The maximum absolute atomic E-state index is 12.4. The zero-order valence-corrected chi connectivity index (χ0v) is 13.3. The van der Waals surface area contributed by atoms with Crippen LogP contribution in [0.2, 0.25) is 0 Å². The molecule has 7 heteroatoms. The van der Waals surface area contributed by atoms with E-state index in [4.69, 9.17) is 5.73 Å². The minimum Gasteiger partial charge on any atom is -0.329 e. The molecule has 0 bridgehead atoms. The van der Waals surface area contributed by atoms with Crippen LogP contribution in [0.4, 0.5) is 0 Å². The Morgan fingerprint density at radius 1 is 1.44 bits per heavy atom. The molecule has 5 nitrogen and oxygen atoms in total. The third-order valence-electron chi connectivity index (χ3n) is 3.58. The van der Waals surface area contributed by atoms with Crippen LogP contribution in [-0.2, 0) is 10.2 Å². The van der Waals surface area contributed by atoms with E-state index in [1.165, 1.54) is 4.31 Å². The predicted octanol–water partition coefficient (Wildman–Crippen LogP) is 1.05. The summed E-state index contributed by atoms with van der Waals surface area (Å²) in [6.45, 7) is 6.89. The average Bonchev–Trinajstić information content (AvgIpc) is 2.27. The molecule has 1 rings (SSSR count). The van der Waals surface area contributed by atoms with E-state index in [1.807, 2.05) is 13.8 Å². The van der Waals surface area contributed by atoms with Gasteiger partial charge in [-0.1, -0.05) is 6.92 Å². The average molecular weight is 300 g/mol. The first-order valence-corrected chi connectivity index (χ1v) is 7.65. The molecule has 110 valence electrons. The Morgan fingerprint density at radius 2 is 2.00 bits per heavy atom. The molecule has 2 atom stereocenters. The van der Waals surface area contributed by atoms with E-state index >= 15 is 0 Å². The second-order valence-corrected chi connectivity index (χ2v) is 7.19. The summed E-state index contributed by atoms with van der Waals surface area (Å²) >= 11 is 0. The quantitative estimate of drug-likeness (QED) is 0.844. The number of halogens is 1. The molecule has 0 aliphatic carbocycles. The molecule has 0 aromatic carbocycles. The Morgan fingerprint density at radius 3 is 2.44 bits per heavy atom. The minimum absolute atomic E-state index is 0. The lowest BCUT2D eigenvalue weighted by Gasteiger charge is -2.39. The molecule has 0 radical (unpaired) electrons. The van der Waals surface area contributed by atoms with Crippen LogP contribution in [0.3, 0.4) is 0 Å². The molecule has 1 aliphatic heterocycles. The second-order valence-electron chi connectivity index (χ2n) is 5.25. The topological polar surface area (TPSA) is 66.6 Å². The third-order valence-corrected chi connectivity index (χ3v) is 5.81. The van der Waals surface area contributed by atoms with Gasteiger partial charge in [-0.25, -0.2) is 0 Å². The lowest BCUT2D eigenvalue weighted by Crippen LogP contribution is -2.54. The smallest absolute Gasteiger partial charge is 0.282 e. The minimum atomic E-state index is -3.36. The SMILES string of the molecule is CC1CCN(S(=O)(=O)N(C)C(C)C)C(CN)C1.Cl. The van der Waals surface area contributed by atoms with Crippen LogP contribution in [0.25, 0.3) is 0 Å². The van der Waals surface area contributed by atoms with Gasteiger partial charge in [0.25, 0.3) is 10.2 Å². The van der Waals surface area contributed by atoms with Crippen LogP contribution >= 0.6 is 12.4 Å². The molecule has 0 aromatic rings. The molecule has 0 aromatic heterocycles. The van der Waals surface area contributed by atoms with Gasteiger partial charge in [0, 0.05) is 32.2 Å². The van der Waals surface area contributed by atoms with Crippen molar-refractivity contribution in [2.45, 2.75) is 45.7 Å². The number of hydrogen-bond donors (Lipinski definition) is 1. The van der Waals surface area contributed by atoms with Gasteiger partial charge in [0.2, 0.25) is 0 Å². The van der Waals surface area contributed by atoms with E-state index in [2.05, 4.69) is 6.92 Å². The highest BCUT2D eigenvalue weighted by Gasteiger charge is 2.36. The summed E-state index contributed by atoms with van der Waals surface area (Å²) in [7, 11) is -1.73. The highest BCUT2D eigenvalue weighted by molar-refractivity contribution is 7.86. The fourth-order valence-corrected chi connectivity index (χ4v) is 3.93. The van der Waals surface area contributed by atoms with Gasteiger partial charge in [0.15, 0.2) is 0 Å². The first-order chi connectivity index (χ1) is 7.80. The lowest BCUT2D eigenvalue weighted by molar-refractivity contribution is 0.196. The fourth-order valence-electron chi connectivity index (χ4n) is 2.18. The number of nitrogens with two attached hydrogens (primary N) is 1. The van der Waals surface area contributed by atoms with Crippen molar-refractivity contribution < 1.29 is 8.42 Å². The highest BCUT2D eigenvalue weighted by Crippen LogP contribution is 2.26. The van der Waals surface area contributed by atoms with Crippen LogP contribution in [0.5, 0.6) is 0 Å². The van der Waals surface area contributed by atoms with Gasteiger partial charge in [-0.2, -0.15) is 17.0 Å². The lowest BCUT2D eigenvalue weighted by atomic mass is 9.94. The summed E-state index contributed by atoms with van der Waals surface area (Å²) in [4.78, 5) is 0. The van der Waals surface area contributed by atoms with Crippen LogP contribution < -0.4 is 5.73 Å². The normalized spacial score (nSPS) is 26.4. The van der Waals surface area contributed by atoms with Gasteiger partial charge < -0.3 is 5.73 Å². The molecule has 1 fully saturated rings. The molecule has 0 amide bonds. The van der Waals surface area contributed by atoms with Crippen molar-refractivity contribution in [3.8, 4) is 0 Å². The molecular weight excluding hydrogens is 274 g/mol. The highest BCUT2D eigenvalue weighted by atomic mass is 35.5. The summed E-state index contributed by atoms with van der Waals surface area (Å²) in [5, 5.41) is 0. The van der Waals surface area contributed by atoms with E-state index in [9.17, 15) is 8.42 Å². The van der Waals surface area contributed by atoms with Crippen LogP contribution in [0.15, 0.2) is 0 Å². The molecule has 0 spiro atoms. The number of nitrogens with zero attached hydrogens (tertiary/aromatic N) is 2. The van der Waals surface area contributed by atoms with Crippen molar-refractivity contribution in [2.24, 2.45) is 11.7 Å². The first kappa shape index (κ1) is 18.1. The number of rotatable bonds is 4. The van der Waals surface area contributed by atoms with Crippen molar-refractivity contribution in [3.63, 3.8) is 0 Å². The standard InChI is InChI=1S/C11H25N3O2S.ClH/c1-9(2)13(4)17(15,16)14-6-5-10(3)7-11(14)8-12;/h9-11H,5-8,12H2,1-4H3;1H. The van der Waals surface area contributed by atoms with Crippen molar-refractivity contribution >= 4 is 22.6 Å². The predicted molar refractivity (Wildman–Crippen MR) is 77.0 cm³/mol. The molecule has 18 heavy (non-hydrogen) atoms. The zero-order chi connectivity index (χ0) is 13.2. The van der Waals surface area contributed by atoms with E-state index in [0.717, 1.165) is 12.8 Å². The Bertz CT molecular complexity index is 348. The molecule has 0 saturated carbocycles. The van der Waals surface area contributed by atoms with Crippen molar-refractivity contribution in [1.29, 1.82) is 0 Å². The van der Waals surface area contributed by atoms with Gasteiger partial charge >= 0.3 is 0 Å². The van der Waals surface area contributed by atoms with E-state index in [-0.39, 0.29) is 24.5 Å². The largest absolute Gasteiger partial charge is 0.329 e. The maximum atomic E-state index is 12.4. The van der Waals surface area contributed by atoms with Gasteiger partial charge in [-0.15, -0.1) is 12.4 Å². The van der Waals surface area contributed by atoms with Gasteiger partial charge in [0.05, 0.1) is 0 Å². The van der Waals surface area contributed by atoms with Gasteiger partial charge in [-0.3, -0.25) is 0 Å². The first-order valence-electron chi connectivity index (χ1n) is 6.25. The fraction of sp³-hybridized carbons (Fsp3) is 1.00. The Kier molecular flexibility index (Phi) is 7.10. The van der Waals surface area contributed by atoms with Crippen molar-refractivity contribution in [1.82, 2.24) is 8.61 Å². The molecule has 1 heterocycles. The van der Waals surface area contributed by atoms with Crippen LogP contribution in [-0.4, -0.2) is 49.2 Å². The summed E-state index contributed by atoms with van der Waals surface area (Å²) in [6.07, 6.45) is 1.78. The maximum Gasteiger partial charge on any atom is 0.282 e. The second kappa shape index (κ2) is 7.05. The molecule has 2 N–H and O–H groups in total. The van der Waals surface area contributed by atoms with Crippen molar-refractivity contribution in [3.05, 3.63) is 0 Å². The van der Waals surface area contributed by atoms with Gasteiger partial charge in [0.1, 0.15) is 0 Å². The third kappa shape index (κ3) is 3.81. The van der Waals surface area contributed by atoms with Gasteiger partial charge in [-0.05, 0) is 32.6 Å². The van der Waals surface area contributed by atoms with E-state index in [1.54, 1.807) is 11.4 Å². The molecular formula is C11H26ClN3O2S. The Balaban J connectivity index is 0.00000289. The molecule has 1 aliphatic rings. The monoisotopic (exact) mass is 299 g/mol. The van der Waals surface area contributed by atoms with Crippen LogP contribution in [0, 0.1) is 5.92 Å². The molecule has 2 unspecified atom stereocenters. The summed E-state index contributed by atoms with van der Waals surface area (Å²) < 4.78 is 27.8. The Labute approximate surface area is 117 Å².